The number of rotatable bonds is 0. The Hall–Kier alpha value is -0.400. The molecule has 1 aliphatic rings. The lowest BCUT2D eigenvalue weighted by Crippen LogP contribution is -2.08. The van der Waals surface area contributed by atoms with Crippen LogP contribution in [0.5, 0.6) is 0 Å². The van der Waals surface area contributed by atoms with Crippen LogP contribution in [0.25, 0.3) is 0 Å². The zero-order chi connectivity index (χ0) is 6.20. The molecule has 0 bridgehead atoms. The standard InChI is InChI=1S/C6H8F2/c1-5-2-3-6(7,8)4-5/h2H,3-4H2,1H3. The predicted molar refractivity (Wildman–Crippen MR) is 27.9 cm³/mol. The fourth-order valence-corrected chi connectivity index (χ4v) is 0.876. The van der Waals surface area contributed by atoms with Crippen molar-refractivity contribution in [2.75, 3.05) is 0 Å². The molecule has 0 heterocycles. The average Bonchev–Trinajstić information content (AvgIpc) is 1.82. The second kappa shape index (κ2) is 1.54. The van der Waals surface area contributed by atoms with Crippen molar-refractivity contribution in [2.24, 2.45) is 0 Å². The summed E-state index contributed by atoms with van der Waals surface area (Å²) in [6.45, 7) is 1.74. The van der Waals surface area contributed by atoms with E-state index in [0.29, 0.717) is 0 Å². The van der Waals surface area contributed by atoms with Gasteiger partial charge in [-0.3, -0.25) is 0 Å². The summed E-state index contributed by atoms with van der Waals surface area (Å²) >= 11 is 0. The molecule has 0 nitrogen and oxygen atoms in total. The second-order valence-corrected chi connectivity index (χ2v) is 2.29. The van der Waals surface area contributed by atoms with Gasteiger partial charge in [0.25, 0.3) is 5.92 Å². The van der Waals surface area contributed by atoms with Crippen molar-refractivity contribution < 1.29 is 8.78 Å². The van der Waals surface area contributed by atoms with Crippen LogP contribution in [0.4, 0.5) is 8.78 Å². The molecule has 0 aromatic heterocycles. The Morgan fingerprint density at radius 2 is 2.25 bits per heavy atom. The fraction of sp³-hybridized carbons (Fsp3) is 0.667. The van der Waals surface area contributed by atoms with Crippen LogP contribution in [0.15, 0.2) is 11.6 Å². The molecule has 8 heavy (non-hydrogen) atoms. The van der Waals surface area contributed by atoms with Crippen LogP contribution in [0, 0.1) is 0 Å². The first-order valence-electron chi connectivity index (χ1n) is 2.64. The number of halogens is 2. The minimum absolute atomic E-state index is 0.0347. The summed E-state index contributed by atoms with van der Waals surface area (Å²) in [5, 5.41) is 0. The average molecular weight is 118 g/mol. The normalized spacial score (nSPS) is 25.6. The minimum Gasteiger partial charge on any atom is -0.206 e. The van der Waals surface area contributed by atoms with Gasteiger partial charge >= 0.3 is 0 Å². The van der Waals surface area contributed by atoms with E-state index in [-0.39, 0.29) is 12.8 Å². The molecular formula is C6H8F2. The molecule has 0 atom stereocenters. The maximum Gasteiger partial charge on any atom is 0.255 e. The molecule has 0 unspecified atom stereocenters. The van der Waals surface area contributed by atoms with E-state index in [9.17, 15) is 8.78 Å². The predicted octanol–water partition coefficient (Wildman–Crippen LogP) is 2.36. The van der Waals surface area contributed by atoms with E-state index in [1.807, 2.05) is 0 Å². The van der Waals surface area contributed by atoms with Crippen molar-refractivity contribution in [3.8, 4) is 0 Å². The maximum atomic E-state index is 12.1. The van der Waals surface area contributed by atoms with Crippen LogP contribution < -0.4 is 0 Å². The Morgan fingerprint density at radius 1 is 1.62 bits per heavy atom. The highest BCUT2D eigenvalue weighted by atomic mass is 19.3. The highest BCUT2D eigenvalue weighted by molar-refractivity contribution is 5.10. The van der Waals surface area contributed by atoms with Gasteiger partial charge in [-0.2, -0.15) is 0 Å². The molecule has 0 N–H and O–H groups in total. The minimum atomic E-state index is -2.43. The summed E-state index contributed by atoms with van der Waals surface area (Å²) in [7, 11) is 0. The smallest absolute Gasteiger partial charge is 0.206 e. The van der Waals surface area contributed by atoms with E-state index >= 15 is 0 Å². The monoisotopic (exact) mass is 118 g/mol. The molecule has 0 fully saturated rings. The zero-order valence-electron chi connectivity index (χ0n) is 4.75. The third-order valence-corrected chi connectivity index (χ3v) is 1.29. The third kappa shape index (κ3) is 1.05. The van der Waals surface area contributed by atoms with Gasteiger partial charge in [-0.05, 0) is 6.92 Å². The Morgan fingerprint density at radius 3 is 2.38 bits per heavy atom. The molecule has 0 aliphatic heterocycles. The van der Waals surface area contributed by atoms with Gasteiger partial charge in [0, 0.05) is 12.8 Å². The molecule has 1 aliphatic carbocycles. The van der Waals surface area contributed by atoms with Gasteiger partial charge in [0.05, 0.1) is 0 Å². The first-order chi connectivity index (χ1) is 3.60. The van der Waals surface area contributed by atoms with Crippen molar-refractivity contribution in [2.45, 2.75) is 25.7 Å². The molecule has 0 saturated carbocycles. The summed E-state index contributed by atoms with van der Waals surface area (Å²) in [5.74, 6) is -2.43. The van der Waals surface area contributed by atoms with Crippen molar-refractivity contribution >= 4 is 0 Å². The van der Waals surface area contributed by atoms with Crippen molar-refractivity contribution in [3.05, 3.63) is 11.6 Å². The maximum absolute atomic E-state index is 12.1. The van der Waals surface area contributed by atoms with Gasteiger partial charge in [-0.25, -0.2) is 8.78 Å². The summed E-state index contributed by atoms with van der Waals surface area (Å²) in [4.78, 5) is 0. The Kier molecular flexibility index (Phi) is 1.10. The molecule has 0 aromatic carbocycles. The van der Waals surface area contributed by atoms with Gasteiger partial charge in [-0.1, -0.05) is 11.6 Å². The Bertz CT molecular complexity index is 124. The molecule has 46 valence electrons. The van der Waals surface area contributed by atoms with E-state index in [0.717, 1.165) is 5.57 Å². The summed E-state index contributed by atoms with van der Waals surface area (Å²) in [5.41, 5.74) is 0.815. The molecule has 0 spiro atoms. The van der Waals surface area contributed by atoms with Crippen molar-refractivity contribution in [1.82, 2.24) is 0 Å². The lowest BCUT2D eigenvalue weighted by molar-refractivity contribution is 0.0141. The van der Waals surface area contributed by atoms with E-state index in [4.69, 9.17) is 0 Å². The molecule has 0 saturated heterocycles. The summed E-state index contributed by atoms with van der Waals surface area (Å²) in [6.07, 6.45) is 1.51. The van der Waals surface area contributed by atoms with Crippen molar-refractivity contribution in [1.29, 1.82) is 0 Å². The molecule has 2 heteroatoms. The van der Waals surface area contributed by atoms with Crippen LogP contribution in [-0.4, -0.2) is 5.92 Å². The zero-order valence-corrected chi connectivity index (χ0v) is 4.75. The largest absolute Gasteiger partial charge is 0.255 e. The Labute approximate surface area is 47.2 Å². The van der Waals surface area contributed by atoms with Crippen LogP contribution in [0.2, 0.25) is 0 Å². The third-order valence-electron chi connectivity index (χ3n) is 1.29. The lowest BCUT2D eigenvalue weighted by Gasteiger charge is -2.05. The van der Waals surface area contributed by atoms with Crippen LogP contribution >= 0.6 is 0 Å². The second-order valence-electron chi connectivity index (χ2n) is 2.29. The number of hydrogen-bond acceptors (Lipinski definition) is 0. The summed E-state index contributed by atoms with van der Waals surface area (Å²) < 4.78 is 24.3. The fourth-order valence-electron chi connectivity index (χ4n) is 0.876. The number of hydrogen-bond donors (Lipinski definition) is 0. The highest BCUT2D eigenvalue weighted by Crippen LogP contribution is 2.33. The molecule has 0 aromatic rings. The van der Waals surface area contributed by atoms with E-state index in [1.54, 1.807) is 13.0 Å². The molecule has 1 rings (SSSR count). The van der Waals surface area contributed by atoms with Gasteiger partial charge in [-0.15, -0.1) is 0 Å². The number of alkyl halides is 2. The van der Waals surface area contributed by atoms with Crippen LogP contribution in [-0.2, 0) is 0 Å². The van der Waals surface area contributed by atoms with Gasteiger partial charge in [0.1, 0.15) is 0 Å². The van der Waals surface area contributed by atoms with Crippen LogP contribution in [0.3, 0.4) is 0 Å². The molecule has 0 radical (unpaired) electrons. The van der Waals surface area contributed by atoms with Gasteiger partial charge in [0.15, 0.2) is 0 Å². The first-order valence-corrected chi connectivity index (χ1v) is 2.64. The Balaban J connectivity index is 2.55. The first kappa shape index (κ1) is 5.73. The lowest BCUT2D eigenvalue weighted by atomic mass is 10.2. The SMILES string of the molecule is CC1=CCC(F)(F)C1. The van der Waals surface area contributed by atoms with Gasteiger partial charge < -0.3 is 0 Å². The van der Waals surface area contributed by atoms with Gasteiger partial charge in [0.2, 0.25) is 0 Å². The van der Waals surface area contributed by atoms with Crippen molar-refractivity contribution in [3.63, 3.8) is 0 Å². The van der Waals surface area contributed by atoms with E-state index in [2.05, 4.69) is 0 Å². The molecular weight excluding hydrogens is 110 g/mol. The quantitative estimate of drug-likeness (QED) is 0.428. The summed E-state index contributed by atoms with van der Waals surface area (Å²) in [6, 6.07) is 0. The van der Waals surface area contributed by atoms with E-state index < -0.39 is 5.92 Å². The topological polar surface area (TPSA) is 0 Å². The highest BCUT2D eigenvalue weighted by Gasteiger charge is 2.31. The number of allylic oxidation sites excluding steroid dienone is 2. The molecule has 0 amide bonds. The van der Waals surface area contributed by atoms with Crippen LogP contribution in [0.1, 0.15) is 19.8 Å². The van der Waals surface area contributed by atoms with E-state index in [1.165, 1.54) is 0 Å².